The van der Waals surface area contributed by atoms with Gasteiger partial charge in [0.2, 0.25) is 5.91 Å². The maximum absolute atomic E-state index is 12.8. The van der Waals surface area contributed by atoms with Crippen LogP contribution in [0.25, 0.3) is 0 Å². The zero-order valence-electron chi connectivity index (χ0n) is 12.9. The Morgan fingerprint density at radius 2 is 1.90 bits per heavy atom. The second kappa shape index (κ2) is 5.97. The van der Waals surface area contributed by atoms with Gasteiger partial charge in [-0.2, -0.15) is 5.26 Å². The van der Waals surface area contributed by atoms with Crippen LogP contribution in [-0.4, -0.2) is 34.9 Å². The molecule has 1 heterocycles. The van der Waals surface area contributed by atoms with E-state index in [0.29, 0.717) is 5.91 Å². The summed E-state index contributed by atoms with van der Waals surface area (Å²) in [4.78, 5) is 14.8. The molecular formula is C16H26N2OS. The normalized spacial score (nSPS) is 28.7. The molecule has 1 saturated carbocycles. The van der Waals surface area contributed by atoms with Crippen molar-refractivity contribution in [1.29, 1.82) is 5.26 Å². The summed E-state index contributed by atoms with van der Waals surface area (Å²) in [7, 11) is 0. The highest BCUT2D eigenvalue weighted by atomic mass is 32.2. The van der Waals surface area contributed by atoms with E-state index in [0.717, 1.165) is 38.8 Å². The predicted octanol–water partition coefficient (Wildman–Crippen LogP) is 3.45. The Labute approximate surface area is 127 Å². The molecule has 1 aliphatic carbocycles. The maximum atomic E-state index is 12.8. The van der Waals surface area contributed by atoms with Crippen molar-refractivity contribution in [1.82, 2.24) is 4.90 Å². The van der Waals surface area contributed by atoms with Gasteiger partial charge in [0.15, 0.2) is 0 Å². The van der Waals surface area contributed by atoms with Crippen LogP contribution in [-0.2, 0) is 4.79 Å². The van der Waals surface area contributed by atoms with Crippen molar-refractivity contribution < 1.29 is 4.79 Å². The van der Waals surface area contributed by atoms with E-state index in [-0.39, 0.29) is 16.1 Å². The molecule has 4 heteroatoms. The molecule has 1 saturated heterocycles. The summed E-state index contributed by atoms with van der Waals surface area (Å²) in [5.41, 5.74) is 0.138. The number of carbonyl (C=O) groups excluding carboxylic acids is 1. The van der Waals surface area contributed by atoms with E-state index in [1.807, 2.05) is 11.2 Å². The Balaban J connectivity index is 2.00. The molecule has 0 radical (unpaired) electrons. The summed E-state index contributed by atoms with van der Waals surface area (Å²) in [6, 6.07) is 2.45. The lowest BCUT2D eigenvalue weighted by Gasteiger charge is -2.43. The maximum Gasteiger partial charge on any atom is 0.226 e. The minimum absolute atomic E-state index is 0.138. The lowest BCUT2D eigenvalue weighted by Crippen LogP contribution is -2.49. The van der Waals surface area contributed by atoms with Crippen LogP contribution in [0, 0.1) is 22.7 Å². The lowest BCUT2D eigenvalue weighted by molar-refractivity contribution is -0.142. The summed E-state index contributed by atoms with van der Waals surface area (Å²) in [5, 5.41) is 9.32. The summed E-state index contributed by atoms with van der Waals surface area (Å²) in [6.45, 7) is 5.97. The van der Waals surface area contributed by atoms with Crippen molar-refractivity contribution in [3.63, 3.8) is 0 Å². The van der Waals surface area contributed by atoms with E-state index in [2.05, 4.69) is 19.9 Å². The topological polar surface area (TPSA) is 44.1 Å². The van der Waals surface area contributed by atoms with Gasteiger partial charge in [0.05, 0.1) is 6.07 Å². The van der Waals surface area contributed by atoms with Crippen LogP contribution >= 0.6 is 11.8 Å². The number of nitrogens with zero attached hydrogens (tertiary/aromatic N) is 2. The number of likely N-dealkylation sites (tertiary alicyclic amines) is 1. The molecule has 112 valence electrons. The molecule has 20 heavy (non-hydrogen) atoms. The van der Waals surface area contributed by atoms with Crippen LogP contribution < -0.4 is 0 Å². The largest absolute Gasteiger partial charge is 0.342 e. The third-order valence-corrected chi connectivity index (χ3v) is 6.56. The summed E-state index contributed by atoms with van der Waals surface area (Å²) in [6.07, 6.45) is 8.25. The van der Waals surface area contributed by atoms with E-state index in [4.69, 9.17) is 0 Å². The van der Waals surface area contributed by atoms with Gasteiger partial charge in [-0.3, -0.25) is 4.79 Å². The van der Waals surface area contributed by atoms with E-state index in [9.17, 15) is 10.1 Å². The van der Waals surface area contributed by atoms with E-state index >= 15 is 0 Å². The Morgan fingerprint density at radius 3 is 2.40 bits per heavy atom. The molecule has 1 amide bonds. The zero-order valence-corrected chi connectivity index (χ0v) is 13.8. The van der Waals surface area contributed by atoms with Crippen LogP contribution in [0.2, 0.25) is 0 Å². The third kappa shape index (κ3) is 2.98. The Morgan fingerprint density at radius 1 is 1.25 bits per heavy atom. The number of thioether (sulfide) groups is 1. The van der Waals surface area contributed by atoms with Gasteiger partial charge < -0.3 is 4.90 Å². The van der Waals surface area contributed by atoms with Crippen LogP contribution in [0.4, 0.5) is 0 Å². The molecule has 1 unspecified atom stereocenters. The number of hydrogen-bond donors (Lipinski definition) is 0. The van der Waals surface area contributed by atoms with Crippen molar-refractivity contribution in [2.75, 3.05) is 19.3 Å². The second-order valence-corrected chi connectivity index (χ2v) is 8.11. The molecule has 0 aromatic rings. The van der Waals surface area contributed by atoms with E-state index in [1.165, 1.54) is 12.8 Å². The van der Waals surface area contributed by atoms with Gasteiger partial charge in [0.25, 0.3) is 0 Å². The van der Waals surface area contributed by atoms with Crippen LogP contribution in [0.3, 0.4) is 0 Å². The first kappa shape index (κ1) is 15.7. The summed E-state index contributed by atoms with van der Waals surface area (Å²) >= 11 is 1.64. The predicted molar refractivity (Wildman–Crippen MR) is 83.4 cm³/mol. The van der Waals surface area contributed by atoms with Crippen molar-refractivity contribution in [3.8, 4) is 6.07 Å². The van der Waals surface area contributed by atoms with Crippen molar-refractivity contribution in [2.24, 2.45) is 11.3 Å². The third-order valence-electron chi connectivity index (χ3n) is 5.28. The smallest absolute Gasteiger partial charge is 0.226 e. The number of carbonyl (C=O) groups is 1. The van der Waals surface area contributed by atoms with Gasteiger partial charge in [-0.05, 0) is 37.4 Å². The molecule has 0 aromatic heterocycles. The molecule has 0 aromatic carbocycles. The quantitative estimate of drug-likeness (QED) is 0.783. The van der Waals surface area contributed by atoms with Crippen molar-refractivity contribution in [2.45, 2.75) is 57.1 Å². The Hall–Kier alpha value is -0.690. The second-order valence-electron chi connectivity index (χ2n) is 6.92. The van der Waals surface area contributed by atoms with Crippen molar-refractivity contribution >= 4 is 17.7 Å². The fraction of sp³-hybridized carbons (Fsp3) is 0.875. The Bertz CT molecular complexity index is 405. The van der Waals surface area contributed by atoms with Gasteiger partial charge in [-0.15, -0.1) is 11.8 Å². The minimum Gasteiger partial charge on any atom is -0.342 e. The average Bonchev–Trinajstić information content (AvgIpc) is 2.46. The number of rotatable bonds is 2. The van der Waals surface area contributed by atoms with Crippen LogP contribution in [0.15, 0.2) is 0 Å². The number of piperidine rings is 1. The Kier molecular flexibility index (Phi) is 4.69. The molecule has 0 spiro atoms. The molecule has 2 fully saturated rings. The highest BCUT2D eigenvalue weighted by Crippen LogP contribution is 2.42. The molecule has 3 nitrogen and oxygen atoms in total. The minimum atomic E-state index is -0.265. The molecule has 0 N–H and O–H groups in total. The highest BCUT2D eigenvalue weighted by Gasteiger charge is 2.42. The van der Waals surface area contributed by atoms with Gasteiger partial charge in [-0.1, -0.05) is 26.7 Å². The standard InChI is InChI=1S/C16H26N2OS/c1-15(2)7-5-4-6-13(15)14(19)18-10-8-16(12-17,20-3)9-11-18/h13H,4-11H2,1-3H3. The SMILES string of the molecule is CSC1(C#N)CCN(C(=O)C2CCCCC2(C)C)CC1. The molecule has 1 atom stereocenters. The van der Waals surface area contributed by atoms with Gasteiger partial charge in [0, 0.05) is 19.0 Å². The molecule has 1 aliphatic heterocycles. The fourth-order valence-electron chi connectivity index (χ4n) is 3.62. The number of hydrogen-bond acceptors (Lipinski definition) is 3. The summed E-state index contributed by atoms with van der Waals surface area (Å²) in [5.74, 6) is 0.516. The molecular weight excluding hydrogens is 268 g/mol. The van der Waals surface area contributed by atoms with Gasteiger partial charge in [0.1, 0.15) is 4.75 Å². The molecule has 0 bridgehead atoms. The van der Waals surface area contributed by atoms with E-state index in [1.54, 1.807) is 11.8 Å². The fourth-order valence-corrected chi connectivity index (χ4v) is 4.30. The molecule has 2 rings (SSSR count). The van der Waals surface area contributed by atoms with Gasteiger partial charge >= 0.3 is 0 Å². The summed E-state index contributed by atoms with van der Waals surface area (Å²) < 4.78 is -0.265. The number of nitriles is 1. The zero-order chi connectivity index (χ0) is 14.8. The number of amides is 1. The first-order valence-electron chi connectivity index (χ1n) is 7.69. The first-order chi connectivity index (χ1) is 9.44. The lowest BCUT2D eigenvalue weighted by atomic mass is 9.68. The molecule has 2 aliphatic rings. The van der Waals surface area contributed by atoms with Crippen LogP contribution in [0.5, 0.6) is 0 Å². The average molecular weight is 294 g/mol. The van der Waals surface area contributed by atoms with Crippen molar-refractivity contribution in [3.05, 3.63) is 0 Å². The van der Waals surface area contributed by atoms with E-state index < -0.39 is 0 Å². The monoisotopic (exact) mass is 294 g/mol. The first-order valence-corrected chi connectivity index (χ1v) is 8.92. The van der Waals surface area contributed by atoms with Crippen LogP contribution in [0.1, 0.15) is 52.4 Å². The van der Waals surface area contributed by atoms with Gasteiger partial charge in [-0.25, -0.2) is 0 Å². The highest BCUT2D eigenvalue weighted by molar-refractivity contribution is 8.00.